The third-order valence-electron chi connectivity index (χ3n) is 2.21. The second-order valence-electron chi connectivity index (χ2n) is 4.11. The van der Waals surface area contributed by atoms with Crippen LogP contribution in [0.5, 0.6) is 0 Å². The number of aliphatic carboxylic acids is 1. The lowest BCUT2D eigenvalue weighted by Gasteiger charge is -2.20. The van der Waals surface area contributed by atoms with E-state index >= 15 is 0 Å². The molecule has 0 bridgehead atoms. The molecule has 0 aliphatic carbocycles. The molecule has 1 aromatic heterocycles. The highest BCUT2D eigenvalue weighted by atomic mass is 16.4. The molecule has 0 aliphatic rings. The second kappa shape index (κ2) is 4.83. The molecular weight excluding hydrogens is 210 g/mol. The van der Waals surface area contributed by atoms with E-state index in [2.05, 4.69) is 5.32 Å². The predicted molar refractivity (Wildman–Crippen MR) is 56.9 cm³/mol. The van der Waals surface area contributed by atoms with Gasteiger partial charge in [0.1, 0.15) is 5.54 Å². The van der Waals surface area contributed by atoms with Crippen molar-refractivity contribution in [3.8, 4) is 0 Å². The van der Waals surface area contributed by atoms with Crippen molar-refractivity contribution in [3.05, 3.63) is 24.2 Å². The molecule has 0 spiro atoms. The van der Waals surface area contributed by atoms with E-state index in [4.69, 9.17) is 9.52 Å². The first-order valence-corrected chi connectivity index (χ1v) is 4.97. The lowest BCUT2D eigenvalue weighted by atomic mass is 10.1. The summed E-state index contributed by atoms with van der Waals surface area (Å²) in [5.74, 6) is -1.34. The van der Waals surface area contributed by atoms with Crippen LogP contribution >= 0.6 is 0 Å². The van der Waals surface area contributed by atoms with E-state index in [1.807, 2.05) is 0 Å². The lowest BCUT2D eigenvalue weighted by Crippen LogP contribution is -2.49. The van der Waals surface area contributed by atoms with Crippen molar-refractivity contribution in [2.75, 3.05) is 0 Å². The molecular formula is C11H15NO4. The second-order valence-corrected chi connectivity index (χ2v) is 4.11. The minimum absolute atomic E-state index is 0.246. The molecule has 2 N–H and O–H groups in total. The van der Waals surface area contributed by atoms with Gasteiger partial charge >= 0.3 is 5.97 Å². The van der Waals surface area contributed by atoms with E-state index in [0.717, 1.165) is 5.56 Å². The first kappa shape index (κ1) is 12.3. The fourth-order valence-corrected chi connectivity index (χ4v) is 1.16. The Hall–Kier alpha value is -1.78. The summed E-state index contributed by atoms with van der Waals surface area (Å²) < 4.78 is 4.86. The van der Waals surface area contributed by atoms with E-state index < -0.39 is 11.5 Å². The maximum absolute atomic E-state index is 11.5. The summed E-state index contributed by atoms with van der Waals surface area (Å²) in [7, 11) is 0. The van der Waals surface area contributed by atoms with Crippen LogP contribution in [-0.4, -0.2) is 22.5 Å². The largest absolute Gasteiger partial charge is 0.480 e. The molecule has 0 atom stereocenters. The lowest BCUT2D eigenvalue weighted by molar-refractivity contribution is -0.146. The molecule has 16 heavy (non-hydrogen) atoms. The Morgan fingerprint density at radius 2 is 2.19 bits per heavy atom. The minimum Gasteiger partial charge on any atom is -0.480 e. The molecule has 0 unspecified atom stereocenters. The van der Waals surface area contributed by atoms with Gasteiger partial charge in [0, 0.05) is 6.42 Å². The summed E-state index contributed by atoms with van der Waals surface area (Å²) >= 11 is 0. The van der Waals surface area contributed by atoms with Gasteiger partial charge in [-0.2, -0.15) is 0 Å². The summed E-state index contributed by atoms with van der Waals surface area (Å²) in [6.45, 7) is 2.90. The molecule has 5 heteroatoms. The van der Waals surface area contributed by atoms with Gasteiger partial charge in [0.25, 0.3) is 0 Å². The summed E-state index contributed by atoms with van der Waals surface area (Å²) in [5, 5.41) is 11.3. The normalized spacial score (nSPS) is 11.1. The molecule has 88 valence electrons. The Morgan fingerprint density at radius 3 is 2.69 bits per heavy atom. The van der Waals surface area contributed by atoms with Crippen LogP contribution < -0.4 is 5.32 Å². The molecule has 0 saturated carbocycles. The molecule has 0 fully saturated rings. The van der Waals surface area contributed by atoms with Crippen LogP contribution in [0.1, 0.15) is 25.8 Å². The highest BCUT2D eigenvalue weighted by Crippen LogP contribution is 2.06. The number of furan rings is 1. The number of nitrogens with one attached hydrogen (secondary N) is 1. The average molecular weight is 225 g/mol. The fraction of sp³-hybridized carbons (Fsp3) is 0.455. The van der Waals surface area contributed by atoms with Gasteiger partial charge in [0.15, 0.2) is 0 Å². The third kappa shape index (κ3) is 3.42. The topological polar surface area (TPSA) is 79.5 Å². The van der Waals surface area contributed by atoms with E-state index in [-0.39, 0.29) is 12.3 Å². The maximum Gasteiger partial charge on any atom is 0.328 e. The predicted octanol–water partition coefficient (Wildman–Crippen LogP) is 1.19. The van der Waals surface area contributed by atoms with Crippen molar-refractivity contribution in [2.24, 2.45) is 0 Å². The van der Waals surface area contributed by atoms with Crippen molar-refractivity contribution in [3.63, 3.8) is 0 Å². The SMILES string of the molecule is CC(C)(NC(=O)CCc1ccoc1)C(=O)O. The summed E-state index contributed by atoms with van der Waals surface area (Å²) in [5.41, 5.74) is -0.309. The Balaban J connectivity index is 2.39. The summed E-state index contributed by atoms with van der Waals surface area (Å²) in [6, 6.07) is 1.77. The zero-order valence-corrected chi connectivity index (χ0v) is 9.32. The van der Waals surface area contributed by atoms with Crippen LogP contribution in [0.15, 0.2) is 23.0 Å². The van der Waals surface area contributed by atoms with E-state index in [0.29, 0.717) is 6.42 Å². The standard InChI is InChI=1S/C11H15NO4/c1-11(2,10(14)15)12-9(13)4-3-8-5-6-16-7-8/h5-7H,3-4H2,1-2H3,(H,12,13)(H,14,15). The van der Waals surface area contributed by atoms with Crippen LogP contribution in [0.4, 0.5) is 0 Å². The summed E-state index contributed by atoms with van der Waals surface area (Å²) in [6.07, 6.45) is 3.89. The highest BCUT2D eigenvalue weighted by Gasteiger charge is 2.28. The fourth-order valence-electron chi connectivity index (χ4n) is 1.16. The Bertz CT molecular complexity index is 367. The maximum atomic E-state index is 11.5. The Morgan fingerprint density at radius 1 is 1.50 bits per heavy atom. The van der Waals surface area contributed by atoms with Gasteiger partial charge in [-0.25, -0.2) is 4.79 Å². The van der Waals surface area contributed by atoms with Crippen LogP contribution in [-0.2, 0) is 16.0 Å². The molecule has 0 radical (unpaired) electrons. The van der Waals surface area contributed by atoms with Crippen LogP contribution in [0.3, 0.4) is 0 Å². The molecule has 1 aromatic rings. The number of carbonyl (C=O) groups excluding carboxylic acids is 1. The van der Waals surface area contributed by atoms with Crippen molar-refractivity contribution in [1.29, 1.82) is 0 Å². The first-order valence-electron chi connectivity index (χ1n) is 4.97. The number of aryl methyl sites for hydroxylation is 1. The molecule has 0 aliphatic heterocycles. The van der Waals surface area contributed by atoms with Crippen LogP contribution in [0.25, 0.3) is 0 Å². The van der Waals surface area contributed by atoms with E-state index in [9.17, 15) is 9.59 Å². The van der Waals surface area contributed by atoms with Crippen molar-refractivity contribution in [2.45, 2.75) is 32.2 Å². The van der Waals surface area contributed by atoms with E-state index in [1.165, 1.54) is 20.1 Å². The molecule has 5 nitrogen and oxygen atoms in total. The average Bonchev–Trinajstić information content (AvgIpc) is 2.66. The Labute approximate surface area is 93.4 Å². The number of carboxylic acid groups (broad SMARTS) is 1. The molecule has 0 saturated heterocycles. The van der Waals surface area contributed by atoms with Crippen molar-refractivity contribution < 1.29 is 19.1 Å². The van der Waals surface area contributed by atoms with Gasteiger partial charge in [0.05, 0.1) is 12.5 Å². The van der Waals surface area contributed by atoms with Gasteiger partial charge in [-0.15, -0.1) is 0 Å². The van der Waals surface area contributed by atoms with Crippen molar-refractivity contribution >= 4 is 11.9 Å². The first-order chi connectivity index (χ1) is 7.42. The molecule has 1 heterocycles. The number of hydrogen-bond donors (Lipinski definition) is 2. The number of hydrogen-bond acceptors (Lipinski definition) is 3. The summed E-state index contributed by atoms with van der Waals surface area (Å²) in [4.78, 5) is 22.2. The molecule has 1 rings (SSSR count). The van der Waals surface area contributed by atoms with Gasteiger partial charge < -0.3 is 14.8 Å². The van der Waals surface area contributed by atoms with Gasteiger partial charge in [-0.3, -0.25) is 4.79 Å². The van der Waals surface area contributed by atoms with Gasteiger partial charge in [-0.05, 0) is 31.9 Å². The third-order valence-corrected chi connectivity index (χ3v) is 2.21. The zero-order valence-electron chi connectivity index (χ0n) is 9.32. The monoisotopic (exact) mass is 225 g/mol. The number of amides is 1. The molecule has 1 amide bonds. The van der Waals surface area contributed by atoms with Crippen molar-refractivity contribution in [1.82, 2.24) is 5.32 Å². The number of carbonyl (C=O) groups is 2. The van der Waals surface area contributed by atoms with Crippen LogP contribution in [0, 0.1) is 0 Å². The number of carboxylic acids is 1. The number of rotatable bonds is 5. The van der Waals surface area contributed by atoms with Gasteiger partial charge in [-0.1, -0.05) is 0 Å². The smallest absolute Gasteiger partial charge is 0.328 e. The van der Waals surface area contributed by atoms with Crippen LogP contribution in [0.2, 0.25) is 0 Å². The van der Waals surface area contributed by atoms with Gasteiger partial charge in [0.2, 0.25) is 5.91 Å². The minimum atomic E-state index is -1.23. The van der Waals surface area contributed by atoms with E-state index in [1.54, 1.807) is 12.3 Å². The Kier molecular flexibility index (Phi) is 3.71. The quantitative estimate of drug-likeness (QED) is 0.788. The molecule has 0 aromatic carbocycles. The zero-order chi connectivity index (χ0) is 12.2. The highest BCUT2D eigenvalue weighted by molar-refractivity contribution is 5.86.